The van der Waals surface area contributed by atoms with Crippen LogP contribution in [0.15, 0.2) is 35.4 Å². The molecule has 0 fully saturated rings. The molecule has 14 heavy (non-hydrogen) atoms. The monoisotopic (exact) mass is 200 g/mol. The van der Waals surface area contributed by atoms with E-state index in [0.717, 1.165) is 15.8 Å². The number of benzene rings is 1. The van der Waals surface area contributed by atoms with Crippen LogP contribution in [0, 0.1) is 11.3 Å². The van der Waals surface area contributed by atoms with Crippen molar-refractivity contribution in [1.29, 1.82) is 5.26 Å². The van der Waals surface area contributed by atoms with Crippen molar-refractivity contribution in [2.24, 2.45) is 0 Å². The molecule has 0 amide bonds. The smallest absolute Gasteiger partial charge is 0.102 e. The Morgan fingerprint density at radius 1 is 1.36 bits per heavy atom. The fourth-order valence-electron chi connectivity index (χ4n) is 1.42. The van der Waals surface area contributed by atoms with Gasteiger partial charge in [-0.3, -0.25) is 4.98 Å². The Bertz CT molecular complexity index is 514. The van der Waals surface area contributed by atoms with Gasteiger partial charge in [-0.2, -0.15) is 5.26 Å². The van der Waals surface area contributed by atoms with E-state index in [9.17, 15) is 0 Å². The largest absolute Gasteiger partial charge is 0.255 e. The Balaban J connectivity index is 2.85. The standard InChI is InChI=1S/C11H8N2S/c1-14-11-8(6-12)7-13-10-5-3-2-4-9(10)11/h2-5,7H,1H3. The van der Waals surface area contributed by atoms with E-state index in [1.165, 1.54) is 0 Å². The molecular formula is C11H8N2S. The van der Waals surface area contributed by atoms with Gasteiger partial charge in [0.15, 0.2) is 0 Å². The summed E-state index contributed by atoms with van der Waals surface area (Å²) in [4.78, 5) is 5.24. The van der Waals surface area contributed by atoms with Crippen molar-refractivity contribution in [3.63, 3.8) is 0 Å². The number of fused-ring (bicyclic) bond motifs is 1. The minimum Gasteiger partial charge on any atom is -0.255 e. The van der Waals surface area contributed by atoms with Crippen LogP contribution in [0.2, 0.25) is 0 Å². The van der Waals surface area contributed by atoms with Gasteiger partial charge < -0.3 is 0 Å². The first kappa shape index (κ1) is 9.04. The van der Waals surface area contributed by atoms with E-state index in [0.29, 0.717) is 5.56 Å². The van der Waals surface area contributed by atoms with E-state index in [-0.39, 0.29) is 0 Å². The van der Waals surface area contributed by atoms with Gasteiger partial charge in [-0.15, -0.1) is 11.8 Å². The molecule has 68 valence electrons. The van der Waals surface area contributed by atoms with Crippen molar-refractivity contribution in [1.82, 2.24) is 4.98 Å². The van der Waals surface area contributed by atoms with Crippen LogP contribution in [-0.4, -0.2) is 11.2 Å². The van der Waals surface area contributed by atoms with E-state index in [1.54, 1.807) is 18.0 Å². The predicted octanol–water partition coefficient (Wildman–Crippen LogP) is 2.83. The third kappa shape index (κ3) is 1.34. The minimum atomic E-state index is 0.649. The number of thioether (sulfide) groups is 1. The van der Waals surface area contributed by atoms with Crippen molar-refractivity contribution in [3.05, 3.63) is 36.0 Å². The molecule has 2 nitrogen and oxygen atoms in total. The number of pyridine rings is 1. The lowest BCUT2D eigenvalue weighted by atomic mass is 10.2. The number of hydrogen-bond donors (Lipinski definition) is 0. The number of aromatic nitrogens is 1. The van der Waals surface area contributed by atoms with Gasteiger partial charge in [0.1, 0.15) is 6.07 Å². The molecule has 2 aromatic rings. The lowest BCUT2D eigenvalue weighted by Gasteiger charge is -2.04. The van der Waals surface area contributed by atoms with Crippen molar-refractivity contribution >= 4 is 22.7 Å². The third-order valence-electron chi connectivity index (χ3n) is 2.05. The normalized spacial score (nSPS) is 10.0. The van der Waals surface area contributed by atoms with Crippen molar-refractivity contribution in [2.45, 2.75) is 4.90 Å². The number of nitriles is 1. The summed E-state index contributed by atoms with van der Waals surface area (Å²) in [7, 11) is 0. The van der Waals surface area contributed by atoms with Crippen LogP contribution in [0.25, 0.3) is 10.9 Å². The second kappa shape index (κ2) is 3.69. The molecule has 0 aliphatic heterocycles. The molecule has 0 aliphatic rings. The fourth-order valence-corrected chi connectivity index (χ4v) is 2.13. The fraction of sp³-hybridized carbons (Fsp3) is 0.0909. The molecule has 0 spiro atoms. The van der Waals surface area contributed by atoms with Crippen LogP contribution in [0.5, 0.6) is 0 Å². The van der Waals surface area contributed by atoms with Gasteiger partial charge in [0.2, 0.25) is 0 Å². The summed E-state index contributed by atoms with van der Waals surface area (Å²) < 4.78 is 0. The first-order valence-corrected chi connectivity index (χ1v) is 5.41. The molecule has 3 heteroatoms. The maximum absolute atomic E-state index is 8.91. The van der Waals surface area contributed by atoms with Crippen molar-refractivity contribution in [2.75, 3.05) is 6.26 Å². The zero-order valence-corrected chi connectivity index (χ0v) is 8.51. The van der Waals surface area contributed by atoms with E-state index in [4.69, 9.17) is 5.26 Å². The van der Waals surface area contributed by atoms with Gasteiger partial charge in [0, 0.05) is 16.5 Å². The average Bonchev–Trinajstić information content (AvgIpc) is 2.27. The van der Waals surface area contributed by atoms with Gasteiger partial charge in [-0.05, 0) is 12.3 Å². The Labute approximate surface area is 86.6 Å². The summed E-state index contributed by atoms with van der Waals surface area (Å²) in [5.74, 6) is 0. The Kier molecular flexibility index (Phi) is 2.38. The third-order valence-corrected chi connectivity index (χ3v) is 2.90. The van der Waals surface area contributed by atoms with Crippen molar-refractivity contribution in [3.8, 4) is 6.07 Å². The molecule has 2 rings (SSSR count). The summed E-state index contributed by atoms with van der Waals surface area (Å²) in [5, 5.41) is 9.96. The molecular weight excluding hydrogens is 192 g/mol. The average molecular weight is 200 g/mol. The number of rotatable bonds is 1. The molecule has 0 unspecified atom stereocenters. The highest BCUT2D eigenvalue weighted by Crippen LogP contribution is 2.27. The molecule has 1 heterocycles. The van der Waals surface area contributed by atoms with E-state index in [1.807, 2.05) is 30.5 Å². The highest BCUT2D eigenvalue weighted by molar-refractivity contribution is 7.98. The molecule has 1 aromatic carbocycles. The van der Waals surface area contributed by atoms with Gasteiger partial charge >= 0.3 is 0 Å². The first-order valence-electron chi connectivity index (χ1n) is 4.18. The summed E-state index contributed by atoms with van der Waals surface area (Å²) in [6.45, 7) is 0. The number of nitrogens with zero attached hydrogens (tertiary/aromatic N) is 2. The van der Waals surface area contributed by atoms with Gasteiger partial charge in [0.05, 0.1) is 11.1 Å². The summed E-state index contributed by atoms with van der Waals surface area (Å²) in [6, 6.07) is 10.0. The van der Waals surface area contributed by atoms with Crippen LogP contribution >= 0.6 is 11.8 Å². The Morgan fingerprint density at radius 2 is 2.14 bits per heavy atom. The molecule has 0 saturated carbocycles. The summed E-state index contributed by atoms with van der Waals surface area (Å²) in [5.41, 5.74) is 1.59. The topological polar surface area (TPSA) is 36.7 Å². The Hall–Kier alpha value is -1.53. The Morgan fingerprint density at radius 3 is 2.86 bits per heavy atom. The second-order valence-electron chi connectivity index (χ2n) is 2.83. The molecule has 0 aliphatic carbocycles. The lowest BCUT2D eigenvalue weighted by Crippen LogP contribution is -1.86. The molecule has 1 aromatic heterocycles. The van der Waals surface area contributed by atoms with E-state index < -0.39 is 0 Å². The van der Waals surface area contributed by atoms with E-state index in [2.05, 4.69) is 11.1 Å². The molecule has 0 bridgehead atoms. The highest BCUT2D eigenvalue weighted by Gasteiger charge is 2.06. The van der Waals surface area contributed by atoms with Gasteiger partial charge in [0.25, 0.3) is 0 Å². The molecule has 0 radical (unpaired) electrons. The quantitative estimate of drug-likeness (QED) is 0.664. The highest BCUT2D eigenvalue weighted by atomic mass is 32.2. The molecule has 0 atom stereocenters. The second-order valence-corrected chi connectivity index (χ2v) is 3.65. The van der Waals surface area contributed by atoms with Crippen LogP contribution < -0.4 is 0 Å². The van der Waals surface area contributed by atoms with E-state index >= 15 is 0 Å². The van der Waals surface area contributed by atoms with Crippen LogP contribution in [0.3, 0.4) is 0 Å². The van der Waals surface area contributed by atoms with Gasteiger partial charge in [-0.25, -0.2) is 0 Å². The van der Waals surface area contributed by atoms with Crippen LogP contribution in [0.4, 0.5) is 0 Å². The number of hydrogen-bond acceptors (Lipinski definition) is 3. The molecule has 0 N–H and O–H groups in total. The zero-order chi connectivity index (χ0) is 9.97. The summed E-state index contributed by atoms with van der Waals surface area (Å²) >= 11 is 1.59. The SMILES string of the molecule is CSc1c(C#N)cnc2ccccc12. The van der Waals surface area contributed by atoms with Crippen LogP contribution in [0.1, 0.15) is 5.56 Å². The van der Waals surface area contributed by atoms with Gasteiger partial charge in [-0.1, -0.05) is 18.2 Å². The maximum atomic E-state index is 8.91. The predicted molar refractivity (Wildman–Crippen MR) is 58.2 cm³/mol. The molecule has 0 saturated heterocycles. The summed E-state index contributed by atoms with van der Waals surface area (Å²) in [6.07, 6.45) is 3.61. The number of para-hydroxylation sites is 1. The van der Waals surface area contributed by atoms with Crippen molar-refractivity contribution < 1.29 is 0 Å². The first-order chi connectivity index (χ1) is 6.86. The van der Waals surface area contributed by atoms with Crippen LogP contribution in [-0.2, 0) is 0 Å². The lowest BCUT2D eigenvalue weighted by molar-refractivity contribution is 1.30. The zero-order valence-electron chi connectivity index (χ0n) is 7.69. The maximum Gasteiger partial charge on any atom is 0.102 e. The minimum absolute atomic E-state index is 0.649.